The first-order valence-electron chi connectivity index (χ1n) is 4.77. The zero-order valence-corrected chi connectivity index (χ0v) is 8.39. The Kier molecular flexibility index (Phi) is 3.92. The van der Waals surface area contributed by atoms with Crippen LogP contribution >= 0.6 is 0 Å². The summed E-state index contributed by atoms with van der Waals surface area (Å²) in [5.41, 5.74) is 0.710. The van der Waals surface area contributed by atoms with E-state index >= 15 is 0 Å². The van der Waals surface area contributed by atoms with Crippen LogP contribution < -0.4 is 0 Å². The number of phenolic OH excluding ortho intramolecular Hbond substituents is 1. The Morgan fingerprint density at radius 3 is 2.47 bits per heavy atom. The lowest BCUT2D eigenvalue weighted by molar-refractivity contribution is -0.138. The number of aromatic hydroxyl groups is 1. The van der Waals surface area contributed by atoms with Gasteiger partial charge in [-0.3, -0.25) is 4.79 Å². The minimum Gasteiger partial charge on any atom is -0.508 e. The molecule has 1 aromatic carbocycles. The van der Waals surface area contributed by atoms with Crippen molar-refractivity contribution in [2.45, 2.75) is 18.8 Å². The lowest BCUT2D eigenvalue weighted by Crippen LogP contribution is -2.11. The molecule has 0 spiro atoms. The highest BCUT2D eigenvalue weighted by Crippen LogP contribution is 2.23. The fourth-order valence-electron chi connectivity index (χ4n) is 1.42. The molecule has 0 bridgehead atoms. The maximum Gasteiger partial charge on any atom is 0.310 e. The maximum absolute atomic E-state index is 11.0. The summed E-state index contributed by atoms with van der Waals surface area (Å²) in [6, 6.07) is 6.27. The van der Waals surface area contributed by atoms with Crippen LogP contribution in [0.25, 0.3) is 0 Å². The quantitative estimate of drug-likeness (QED) is 0.728. The number of carboxylic acids is 1. The van der Waals surface area contributed by atoms with Gasteiger partial charge in [0.05, 0.1) is 5.92 Å². The SMILES string of the molecule is C=CCCC(C(=O)O)c1ccc(O)cc1. The van der Waals surface area contributed by atoms with Gasteiger partial charge in [0.1, 0.15) is 5.75 Å². The molecule has 1 rings (SSSR count). The average molecular weight is 206 g/mol. The van der Waals surface area contributed by atoms with Crippen molar-refractivity contribution in [1.82, 2.24) is 0 Å². The topological polar surface area (TPSA) is 57.5 Å². The zero-order chi connectivity index (χ0) is 11.3. The van der Waals surface area contributed by atoms with Crippen LogP contribution in [0, 0.1) is 0 Å². The van der Waals surface area contributed by atoms with Crippen molar-refractivity contribution in [2.75, 3.05) is 0 Å². The van der Waals surface area contributed by atoms with Gasteiger partial charge >= 0.3 is 5.97 Å². The normalized spacial score (nSPS) is 12.0. The molecule has 0 aliphatic heterocycles. The molecule has 0 aliphatic rings. The van der Waals surface area contributed by atoms with Crippen LogP contribution in [0.15, 0.2) is 36.9 Å². The van der Waals surface area contributed by atoms with Gasteiger partial charge in [0.25, 0.3) is 0 Å². The largest absolute Gasteiger partial charge is 0.508 e. The Bertz CT molecular complexity index is 340. The molecule has 0 aliphatic carbocycles. The summed E-state index contributed by atoms with van der Waals surface area (Å²) in [6.07, 6.45) is 2.90. The molecular formula is C12H14O3. The summed E-state index contributed by atoms with van der Waals surface area (Å²) < 4.78 is 0. The molecule has 1 aromatic rings. The summed E-state index contributed by atoms with van der Waals surface area (Å²) in [5.74, 6) is -1.22. The van der Waals surface area contributed by atoms with Crippen molar-refractivity contribution < 1.29 is 15.0 Å². The highest BCUT2D eigenvalue weighted by atomic mass is 16.4. The van der Waals surface area contributed by atoms with E-state index in [-0.39, 0.29) is 5.75 Å². The van der Waals surface area contributed by atoms with Crippen LogP contribution in [-0.4, -0.2) is 16.2 Å². The van der Waals surface area contributed by atoms with E-state index in [1.807, 2.05) is 0 Å². The number of hydrogen-bond acceptors (Lipinski definition) is 2. The van der Waals surface area contributed by atoms with E-state index < -0.39 is 11.9 Å². The van der Waals surface area contributed by atoms with Crippen molar-refractivity contribution in [2.24, 2.45) is 0 Å². The second-order valence-corrected chi connectivity index (χ2v) is 3.35. The van der Waals surface area contributed by atoms with Gasteiger partial charge in [-0.15, -0.1) is 6.58 Å². The first-order valence-corrected chi connectivity index (χ1v) is 4.77. The first-order chi connectivity index (χ1) is 7.15. The molecule has 0 heterocycles. The molecule has 0 fully saturated rings. The standard InChI is InChI=1S/C12H14O3/c1-2-3-4-11(12(14)15)9-5-7-10(13)8-6-9/h2,5-8,11,13H,1,3-4H2,(H,14,15). The highest BCUT2D eigenvalue weighted by Gasteiger charge is 2.18. The van der Waals surface area contributed by atoms with Gasteiger partial charge in [-0.1, -0.05) is 18.2 Å². The number of rotatable bonds is 5. The number of allylic oxidation sites excluding steroid dienone is 1. The second-order valence-electron chi connectivity index (χ2n) is 3.35. The first kappa shape index (κ1) is 11.3. The molecule has 0 amide bonds. The molecule has 1 unspecified atom stereocenters. The third-order valence-corrected chi connectivity index (χ3v) is 2.25. The molecule has 3 heteroatoms. The molecule has 0 aromatic heterocycles. The average Bonchev–Trinajstić information content (AvgIpc) is 2.21. The van der Waals surface area contributed by atoms with Crippen LogP contribution in [0.3, 0.4) is 0 Å². The summed E-state index contributed by atoms with van der Waals surface area (Å²) in [4.78, 5) is 11.0. The van der Waals surface area contributed by atoms with Crippen molar-refractivity contribution in [1.29, 1.82) is 0 Å². The molecule has 1 atom stereocenters. The van der Waals surface area contributed by atoms with Gasteiger partial charge in [0.15, 0.2) is 0 Å². The lowest BCUT2D eigenvalue weighted by atomic mass is 9.94. The van der Waals surface area contributed by atoms with Gasteiger partial charge in [-0.2, -0.15) is 0 Å². The zero-order valence-electron chi connectivity index (χ0n) is 8.39. The summed E-state index contributed by atoms with van der Waals surface area (Å²) in [6.45, 7) is 3.57. The number of aliphatic carboxylic acids is 1. The van der Waals surface area contributed by atoms with Gasteiger partial charge in [0.2, 0.25) is 0 Å². The van der Waals surface area contributed by atoms with Crippen LogP contribution in [0.1, 0.15) is 24.3 Å². The fraction of sp³-hybridized carbons (Fsp3) is 0.250. The molecule has 80 valence electrons. The van der Waals surface area contributed by atoms with Gasteiger partial charge < -0.3 is 10.2 Å². The smallest absolute Gasteiger partial charge is 0.310 e. The predicted molar refractivity (Wildman–Crippen MR) is 57.9 cm³/mol. The fourth-order valence-corrected chi connectivity index (χ4v) is 1.42. The molecule has 15 heavy (non-hydrogen) atoms. The monoisotopic (exact) mass is 206 g/mol. The van der Waals surface area contributed by atoms with E-state index in [1.54, 1.807) is 18.2 Å². The predicted octanol–water partition coefficient (Wildman–Crippen LogP) is 2.53. The number of benzene rings is 1. The molecular weight excluding hydrogens is 192 g/mol. The van der Waals surface area contributed by atoms with E-state index in [1.165, 1.54) is 12.1 Å². The molecule has 0 saturated heterocycles. The van der Waals surface area contributed by atoms with Crippen molar-refractivity contribution in [3.63, 3.8) is 0 Å². The number of hydrogen-bond donors (Lipinski definition) is 2. The van der Waals surface area contributed by atoms with E-state index in [4.69, 9.17) is 10.2 Å². The second kappa shape index (κ2) is 5.20. The maximum atomic E-state index is 11.0. The number of carbonyl (C=O) groups is 1. The van der Waals surface area contributed by atoms with Gasteiger partial charge in [-0.25, -0.2) is 0 Å². The Labute approximate surface area is 88.7 Å². The summed E-state index contributed by atoms with van der Waals surface area (Å²) in [5, 5.41) is 18.1. The van der Waals surface area contributed by atoms with Crippen LogP contribution in [0.5, 0.6) is 5.75 Å². The Balaban J connectivity index is 2.83. The summed E-state index contributed by atoms with van der Waals surface area (Å²) >= 11 is 0. The Morgan fingerprint density at radius 2 is 2.00 bits per heavy atom. The molecule has 3 nitrogen and oxygen atoms in total. The van der Waals surface area contributed by atoms with Crippen LogP contribution in [0.2, 0.25) is 0 Å². The van der Waals surface area contributed by atoms with E-state index in [0.717, 1.165) is 0 Å². The van der Waals surface area contributed by atoms with Crippen molar-refractivity contribution >= 4 is 5.97 Å². The number of phenols is 1. The third kappa shape index (κ3) is 3.13. The van der Waals surface area contributed by atoms with Crippen LogP contribution in [-0.2, 0) is 4.79 Å². The van der Waals surface area contributed by atoms with Gasteiger partial charge in [0, 0.05) is 0 Å². The van der Waals surface area contributed by atoms with E-state index in [0.29, 0.717) is 18.4 Å². The van der Waals surface area contributed by atoms with Gasteiger partial charge in [-0.05, 0) is 30.5 Å². The Hall–Kier alpha value is -1.77. The third-order valence-electron chi connectivity index (χ3n) is 2.25. The number of carboxylic acid groups (broad SMARTS) is 1. The molecule has 0 saturated carbocycles. The molecule has 0 radical (unpaired) electrons. The van der Waals surface area contributed by atoms with Crippen molar-refractivity contribution in [3.05, 3.63) is 42.5 Å². The Morgan fingerprint density at radius 1 is 1.40 bits per heavy atom. The highest BCUT2D eigenvalue weighted by molar-refractivity contribution is 5.76. The van der Waals surface area contributed by atoms with Crippen molar-refractivity contribution in [3.8, 4) is 5.75 Å². The molecule has 2 N–H and O–H groups in total. The minimum atomic E-state index is -0.845. The minimum absolute atomic E-state index is 0.145. The van der Waals surface area contributed by atoms with E-state index in [9.17, 15) is 4.79 Å². The lowest BCUT2D eigenvalue weighted by Gasteiger charge is -2.11. The van der Waals surface area contributed by atoms with Crippen LogP contribution in [0.4, 0.5) is 0 Å². The summed E-state index contributed by atoms with van der Waals surface area (Å²) in [7, 11) is 0. The van der Waals surface area contributed by atoms with E-state index in [2.05, 4.69) is 6.58 Å².